The lowest BCUT2D eigenvalue weighted by molar-refractivity contribution is 0.0946. The molecule has 4 heterocycles. The SMILES string of the molecule is Cc1ccc(-c2cc(C(=O)NCc3ccc(-n4cncn4)nc3)n[nH]2)s1. The van der Waals surface area contributed by atoms with E-state index in [0.29, 0.717) is 18.1 Å². The van der Waals surface area contributed by atoms with Crippen LogP contribution in [-0.4, -0.2) is 35.9 Å². The summed E-state index contributed by atoms with van der Waals surface area (Å²) in [6.45, 7) is 2.41. The molecule has 0 atom stereocenters. The Morgan fingerprint density at radius 3 is 2.92 bits per heavy atom. The Kier molecular flexibility index (Phi) is 4.28. The van der Waals surface area contributed by atoms with Gasteiger partial charge in [0.15, 0.2) is 11.5 Å². The summed E-state index contributed by atoms with van der Waals surface area (Å²) in [5.41, 5.74) is 2.08. The number of pyridine rings is 1. The first kappa shape index (κ1) is 16.2. The first-order chi connectivity index (χ1) is 12.7. The molecule has 0 aliphatic rings. The number of carbonyl (C=O) groups is 1. The molecule has 1 amide bonds. The van der Waals surface area contributed by atoms with Crippen molar-refractivity contribution < 1.29 is 4.79 Å². The van der Waals surface area contributed by atoms with E-state index in [1.54, 1.807) is 34.6 Å². The molecule has 0 radical (unpaired) electrons. The van der Waals surface area contributed by atoms with Crippen LogP contribution in [0.2, 0.25) is 0 Å². The quantitative estimate of drug-likeness (QED) is 0.565. The highest BCUT2D eigenvalue weighted by atomic mass is 32.1. The summed E-state index contributed by atoms with van der Waals surface area (Å²) >= 11 is 1.65. The Morgan fingerprint density at radius 2 is 2.23 bits per heavy atom. The lowest BCUT2D eigenvalue weighted by Gasteiger charge is -2.04. The molecule has 0 fully saturated rings. The third kappa shape index (κ3) is 3.38. The minimum absolute atomic E-state index is 0.235. The van der Waals surface area contributed by atoms with Crippen LogP contribution in [0, 0.1) is 6.92 Å². The molecule has 4 aromatic heterocycles. The predicted octanol–water partition coefficient (Wildman–Crippen LogP) is 2.35. The Balaban J connectivity index is 1.39. The highest BCUT2D eigenvalue weighted by Crippen LogP contribution is 2.26. The molecule has 9 heteroatoms. The highest BCUT2D eigenvalue weighted by molar-refractivity contribution is 7.15. The van der Waals surface area contributed by atoms with Crippen LogP contribution < -0.4 is 5.32 Å². The fourth-order valence-corrected chi connectivity index (χ4v) is 3.23. The fourth-order valence-electron chi connectivity index (χ4n) is 2.40. The molecular formula is C17H15N7OS. The number of amides is 1. The van der Waals surface area contributed by atoms with Gasteiger partial charge in [0.05, 0.1) is 10.6 Å². The van der Waals surface area contributed by atoms with Crippen LogP contribution in [0.25, 0.3) is 16.4 Å². The zero-order chi connectivity index (χ0) is 17.9. The van der Waals surface area contributed by atoms with Gasteiger partial charge < -0.3 is 5.32 Å². The molecule has 4 rings (SSSR count). The van der Waals surface area contributed by atoms with Gasteiger partial charge in [-0.05, 0) is 36.8 Å². The van der Waals surface area contributed by atoms with Crippen molar-refractivity contribution in [1.82, 2.24) is 35.3 Å². The maximum Gasteiger partial charge on any atom is 0.272 e. The number of H-pyrrole nitrogens is 1. The summed E-state index contributed by atoms with van der Waals surface area (Å²) < 4.78 is 1.57. The van der Waals surface area contributed by atoms with E-state index in [9.17, 15) is 4.79 Å². The number of rotatable bonds is 5. The van der Waals surface area contributed by atoms with Crippen molar-refractivity contribution in [2.24, 2.45) is 0 Å². The van der Waals surface area contributed by atoms with Crippen LogP contribution in [0.3, 0.4) is 0 Å². The first-order valence-electron chi connectivity index (χ1n) is 7.89. The second kappa shape index (κ2) is 6.89. The second-order valence-electron chi connectivity index (χ2n) is 5.62. The van der Waals surface area contributed by atoms with Crippen molar-refractivity contribution in [3.05, 3.63) is 65.3 Å². The Hall–Kier alpha value is -3.33. The summed E-state index contributed by atoms with van der Waals surface area (Å²) in [6, 6.07) is 9.51. The summed E-state index contributed by atoms with van der Waals surface area (Å²) in [7, 11) is 0. The van der Waals surface area contributed by atoms with Gasteiger partial charge in [0.1, 0.15) is 12.7 Å². The minimum Gasteiger partial charge on any atom is -0.347 e. The lowest BCUT2D eigenvalue weighted by Crippen LogP contribution is -2.23. The molecule has 0 aromatic carbocycles. The normalized spacial score (nSPS) is 10.8. The van der Waals surface area contributed by atoms with Crippen molar-refractivity contribution in [3.8, 4) is 16.4 Å². The fraction of sp³-hybridized carbons (Fsp3) is 0.118. The topological polar surface area (TPSA) is 101 Å². The smallest absolute Gasteiger partial charge is 0.272 e. The van der Waals surface area contributed by atoms with Gasteiger partial charge in [-0.15, -0.1) is 11.3 Å². The molecule has 130 valence electrons. The maximum absolute atomic E-state index is 12.3. The van der Waals surface area contributed by atoms with Crippen molar-refractivity contribution in [2.75, 3.05) is 0 Å². The lowest BCUT2D eigenvalue weighted by atomic mass is 10.2. The van der Waals surface area contributed by atoms with E-state index >= 15 is 0 Å². The van der Waals surface area contributed by atoms with E-state index in [1.165, 1.54) is 11.2 Å². The molecule has 2 N–H and O–H groups in total. The molecule has 0 spiro atoms. The largest absolute Gasteiger partial charge is 0.347 e. The first-order valence-corrected chi connectivity index (χ1v) is 8.71. The third-order valence-electron chi connectivity index (χ3n) is 3.73. The van der Waals surface area contributed by atoms with E-state index in [4.69, 9.17) is 0 Å². The van der Waals surface area contributed by atoms with E-state index in [0.717, 1.165) is 16.1 Å². The average molecular weight is 365 g/mol. The molecule has 0 saturated carbocycles. The van der Waals surface area contributed by atoms with Crippen LogP contribution in [0.5, 0.6) is 0 Å². The van der Waals surface area contributed by atoms with Gasteiger partial charge in [0.2, 0.25) is 0 Å². The summed E-state index contributed by atoms with van der Waals surface area (Å²) in [6.07, 6.45) is 4.72. The number of aromatic amines is 1. The van der Waals surface area contributed by atoms with Crippen LogP contribution in [0.4, 0.5) is 0 Å². The standard InChI is InChI=1S/C17H15N7OS/c1-11-2-4-15(26-11)13-6-14(23-22-13)17(25)20-8-12-3-5-16(19-7-12)24-10-18-9-21-24/h2-7,9-10H,8H2,1H3,(H,20,25)(H,22,23). The summed E-state index contributed by atoms with van der Waals surface area (Å²) in [4.78, 5) is 22.7. The van der Waals surface area contributed by atoms with E-state index < -0.39 is 0 Å². The highest BCUT2D eigenvalue weighted by Gasteiger charge is 2.12. The summed E-state index contributed by atoms with van der Waals surface area (Å²) in [5.74, 6) is 0.432. The number of carbonyl (C=O) groups excluding carboxylic acids is 1. The van der Waals surface area contributed by atoms with Gasteiger partial charge in [-0.1, -0.05) is 6.07 Å². The van der Waals surface area contributed by atoms with E-state index in [1.807, 2.05) is 31.2 Å². The number of nitrogens with one attached hydrogen (secondary N) is 2. The monoisotopic (exact) mass is 365 g/mol. The van der Waals surface area contributed by atoms with Gasteiger partial charge in [0, 0.05) is 17.6 Å². The van der Waals surface area contributed by atoms with Crippen molar-refractivity contribution in [1.29, 1.82) is 0 Å². The van der Waals surface area contributed by atoms with Crippen LogP contribution >= 0.6 is 11.3 Å². The number of thiophene rings is 1. The Bertz CT molecular complexity index is 1020. The molecule has 0 saturated heterocycles. The van der Waals surface area contributed by atoms with Crippen LogP contribution in [-0.2, 0) is 6.54 Å². The van der Waals surface area contributed by atoms with Gasteiger partial charge in [-0.2, -0.15) is 10.2 Å². The minimum atomic E-state index is -0.235. The molecule has 0 aliphatic carbocycles. The zero-order valence-electron chi connectivity index (χ0n) is 13.9. The number of nitrogens with zero attached hydrogens (tertiary/aromatic N) is 5. The molecule has 4 aromatic rings. The molecular weight excluding hydrogens is 350 g/mol. The van der Waals surface area contributed by atoms with Crippen molar-refractivity contribution >= 4 is 17.2 Å². The molecule has 8 nitrogen and oxygen atoms in total. The molecule has 0 aliphatic heterocycles. The molecule has 0 bridgehead atoms. The Morgan fingerprint density at radius 1 is 1.31 bits per heavy atom. The number of aryl methyl sites for hydroxylation is 1. The van der Waals surface area contributed by atoms with Gasteiger partial charge in [-0.3, -0.25) is 9.89 Å². The second-order valence-corrected chi connectivity index (χ2v) is 6.91. The maximum atomic E-state index is 12.3. The molecule has 0 unspecified atom stereocenters. The van der Waals surface area contributed by atoms with Crippen molar-refractivity contribution in [3.63, 3.8) is 0 Å². The number of aromatic nitrogens is 6. The summed E-state index contributed by atoms with van der Waals surface area (Å²) in [5, 5.41) is 13.9. The molecule has 26 heavy (non-hydrogen) atoms. The predicted molar refractivity (Wildman–Crippen MR) is 97.0 cm³/mol. The van der Waals surface area contributed by atoms with Crippen LogP contribution in [0.15, 0.2) is 49.2 Å². The van der Waals surface area contributed by atoms with Gasteiger partial charge >= 0.3 is 0 Å². The average Bonchev–Trinajstić information content (AvgIpc) is 3.41. The number of hydrogen-bond acceptors (Lipinski definition) is 6. The van der Waals surface area contributed by atoms with Gasteiger partial charge in [-0.25, -0.2) is 14.6 Å². The van der Waals surface area contributed by atoms with Crippen molar-refractivity contribution in [2.45, 2.75) is 13.5 Å². The Labute approximate surface area is 152 Å². The zero-order valence-corrected chi connectivity index (χ0v) is 14.7. The van der Waals surface area contributed by atoms with E-state index in [2.05, 4.69) is 30.6 Å². The third-order valence-corrected chi connectivity index (χ3v) is 4.77. The van der Waals surface area contributed by atoms with Gasteiger partial charge in [0.25, 0.3) is 5.91 Å². The van der Waals surface area contributed by atoms with Crippen LogP contribution in [0.1, 0.15) is 20.9 Å². The number of hydrogen-bond donors (Lipinski definition) is 2. The van der Waals surface area contributed by atoms with E-state index in [-0.39, 0.29) is 5.91 Å².